The third kappa shape index (κ3) is 4.24. The molecule has 4 rings (SSSR count). The highest BCUT2D eigenvalue weighted by Gasteiger charge is 2.15. The molecule has 1 N–H and O–H groups in total. The number of anilines is 1. The number of nitrogens with zero attached hydrogens (tertiary/aromatic N) is 1. The smallest absolute Gasteiger partial charge is 0.194 e. The second-order valence-electron chi connectivity index (χ2n) is 6.45. The van der Waals surface area contributed by atoms with Gasteiger partial charge in [-0.3, -0.25) is 0 Å². The maximum atomic E-state index is 4.91. The molecule has 4 aromatic rings. The van der Waals surface area contributed by atoms with Gasteiger partial charge < -0.3 is 4.72 Å². The summed E-state index contributed by atoms with van der Waals surface area (Å²) in [5, 5.41) is 0.912. The first-order chi connectivity index (χ1) is 13.2. The summed E-state index contributed by atoms with van der Waals surface area (Å²) in [6.07, 6.45) is 0. The van der Waals surface area contributed by atoms with E-state index < -0.39 is 0 Å². The maximum absolute atomic E-state index is 4.91. The normalized spacial score (nSPS) is 10.7. The first-order valence-corrected chi connectivity index (χ1v) is 10.5. The summed E-state index contributed by atoms with van der Waals surface area (Å²) < 4.78 is 3.41. The highest BCUT2D eigenvalue weighted by Crippen LogP contribution is 2.40. The molecule has 0 aliphatic rings. The number of aromatic nitrogens is 1. The Labute approximate surface area is 168 Å². The van der Waals surface area contributed by atoms with Crippen molar-refractivity contribution in [2.75, 3.05) is 4.72 Å². The van der Waals surface area contributed by atoms with E-state index in [0.29, 0.717) is 0 Å². The lowest BCUT2D eigenvalue weighted by molar-refractivity contribution is 1.39. The van der Waals surface area contributed by atoms with Crippen LogP contribution in [0, 0.1) is 13.8 Å². The molecule has 0 fully saturated rings. The highest BCUT2D eigenvalue weighted by molar-refractivity contribution is 8.00. The molecule has 1 heterocycles. The lowest BCUT2D eigenvalue weighted by Gasteiger charge is -2.04. The van der Waals surface area contributed by atoms with Gasteiger partial charge in [0.25, 0.3) is 0 Å². The number of hydrogen-bond acceptors (Lipinski definition) is 4. The molecule has 134 valence electrons. The van der Waals surface area contributed by atoms with Crippen molar-refractivity contribution >= 4 is 28.4 Å². The van der Waals surface area contributed by atoms with Gasteiger partial charge in [-0.05, 0) is 43.5 Å². The monoisotopic (exact) mass is 388 g/mol. The van der Waals surface area contributed by atoms with Gasteiger partial charge in [-0.1, -0.05) is 89.2 Å². The first kappa shape index (κ1) is 17.8. The standard InChI is InChI=1S/C23H20N2S2/c1-16-8-12-18(13-9-16)21-22(19-14-10-17(2)11-15-19)26-23(24-21)25-27-20-6-4-3-5-7-20/h3-15H,1-2H3,(H,24,25). The van der Waals surface area contributed by atoms with Crippen molar-refractivity contribution in [2.24, 2.45) is 0 Å². The van der Waals surface area contributed by atoms with Gasteiger partial charge in [0.2, 0.25) is 0 Å². The van der Waals surface area contributed by atoms with Crippen molar-refractivity contribution in [3.63, 3.8) is 0 Å². The van der Waals surface area contributed by atoms with Crippen molar-refractivity contribution in [3.8, 4) is 21.7 Å². The molecule has 0 radical (unpaired) electrons. The molecule has 1 aromatic heterocycles. The SMILES string of the molecule is Cc1ccc(-c2nc(NSc3ccccc3)sc2-c2ccc(C)cc2)cc1. The van der Waals surface area contributed by atoms with Crippen molar-refractivity contribution < 1.29 is 0 Å². The molecule has 0 saturated heterocycles. The Morgan fingerprint density at radius 1 is 0.741 bits per heavy atom. The van der Waals surface area contributed by atoms with Crippen molar-refractivity contribution in [2.45, 2.75) is 18.7 Å². The molecule has 0 spiro atoms. The topological polar surface area (TPSA) is 24.9 Å². The first-order valence-electron chi connectivity index (χ1n) is 8.82. The van der Waals surface area contributed by atoms with E-state index in [0.717, 1.165) is 16.4 Å². The Hall–Kier alpha value is -2.56. The van der Waals surface area contributed by atoms with Gasteiger partial charge in [0.1, 0.15) is 0 Å². The quantitative estimate of drug-likeness (QED) is 0.366. The number of nitrogens with one attached hydrogen (secondary N) is 1. The number of thiazole rings is 1. The van der Waals surface area contributed by atoms with Gasteiger partial charge in [0.15, 0.2) is 5.13 Å². The second-order valence-corrected chi connectivity index (χ2v) is 8.32. The average molecular weight is 389 g/mol. The fraction of sp³-hybridized carbons (Fsp3) is 0.0870. The highest BCUT2D eigenvalue weighted by atomic mass is 32.2. The Balaban J connectivity index is 1.70. The zero-order chi connectivity index (χ0) is 18.6. The van der Waals surface area contributed by atoms with Crippen LogP contribution in [0.1, 0.15) is 11.1 Å². The average Bonchev–Trinajstić information content (AvgIpc) is 3.13. The third-order valence-corrected chi connectivity index (χ3v) is 6.22. The van der Waals surface area contributed by atoms with Crippen LogP contribution in [-0.2, 0) is 0 Å². The van der Waals surface area contributed by atoms with Crippen LogP contribution in [0.4, 0.5) is 5.13 Å². The molecule has 0 atom stereocenters. The summed E-state index contributed by atoms with van der Waals surface area (Å²) in [5.41, 5.74) is 5.89. The number of rotatable bonds is 5. The van der Waals surface area contributed by atoms with E-state index in [1.807, 2.05) is 18.2 Å². The molecule has 0 aliphatic carbocycles. The number of aryl methyl sites for hydroxylation is 2. The van der Waals surface area contributed by atoms with Gasteiger partial charge in [-0.25, -0.2) is 4.98 Å². The fourth-order valence-corrected chi connectivity index (χ4v) is 4.44. The van der Waals surface area contributed by atoms with E-state index >= 15 is 0 Å². The summed E-state index contributed by atoms with van der Waals surface area (Å²) in [4.78, 5) is 7.27. The number of hydrogen-bond donors (Lipinski definition) is 1. The second kappa shape index (κ2) is 7.99. The maximum Gasteiger partial charge on any atom is 0.194 e. The summed E-state index contributed by atoms with van der Waals surface area (Å²) in [5.74, 6) is 0. The van der Waals surface area contributed by atoms with E-state index in [9.17, 15) is 0 Å². The van der Waals surface area contributed by atoms with E-state index in [4.69, 9.17) is 4.98 Å². The minimum absolute atomic E-state index is 0.912. The van der Waals surface area contributed by atoms with Gasteiger partial charge in [-0.2, -0.15) is 0 Å². The third-order valence-electron chi connectivity index (χ3n) is 4.27. The lowest BCUT2D eigenvalue weighted by atomic mass is 10.0. The largest absolute Gasteiger partial charge is 0.301 e. The van der Waals surface area contributed by atoms with E-state index in [1.165, 1.54) is 26.5 Å². The van der Waals surface area contributed by atoms with Gasteiger partial charge in [0.05, 0.1) is 10.6 Å². The van der Waals surface area contributed by atoms with E-state index in [1.54, 1.807) is 23.3 Å². The summed E-state index contributed by atoms with van der Waals surface area (Å²) in [6, 6.07) is 27.5. The fourth-order valence-electron chi connectivity index (χ4n) is 2.76. The molecular weight excluding hydrogens is 368 g/mol. The van der Waals surface area contributed by atoms with E-state index in [2.05, 4.69) is 79.2 Å². The van der Waals surface area contributed by atoms with Gasteiger partial charge in [-0.15, -0.1) is 0 Å². The minimum Gasteiger partial charge on any atom is -0.301 e. The molecule has 0 bridgehead atoms. The molecule has 2 nitrogen and oxygen atoms in total. The molecule has 0 amide bonds. The van der Waals surface area contributed by atoms with Crippen LogP contribution in [0.2, 0.25) is 0 Å². The van der Waals surface area contributed by atoms with Crippen molar-refractivity contribution in [3.05, 3.63) is 90.0 Å². The zero-order valence-corrected chi connectivity index (χ0v) is 16.9. The predicted molar refractivity (Wildman–Crippen MR) is 118 cm³/mol. The molecule has 27 heavy (non-hydrogen) atoms. The summed E-state index contributed by atoms with van der Waals surface area (Å²) in [7, 11) is 0. The minimum atomic E-state index is 0.912. The molecule has 0 unspecified atom stereocenters. The van der Waals surface area contributed by atoms with Gasteiger partial charge in [0, 0.05) is 10.5 Å². The summed E-state index contributed by atoms with van der Waals surface area (Å²) in [6.45, 7) is 4.22. The molecule has 0 aliphatic heterocycles. The Morgan fingerprint density at radius 2 is 1.33 bits per heavy atom. The van der Waals surface area contributed by atoms with Crippen LogP contribution in [0.3, 0.4) is 0 Å². The predicted octanol–water partition coefficient (Wildman–Crippen LogP) is 7.21. The van der Waals surface area contributed by atoms with Gasteiger partial charge >= 0.3 is 0 Å². The van der Waals surface area contributed by atoms with Crippen LogP contribution < -0.4 is 4.72 Å². The Bertz CT molecular complexity index is 957. The van der Waals surface area contributed by atoms with Crippen LogP contribution >= 0.6 is 23.3 Å². The molecule has 4 heteroatoms. The van der Waals surface area contributed by atoms with Crippen molar-refractivity contribution in [1.82, 2.24) is 4.98 Å². The molecule has 0 saturated carbocycles. The van der Waals surface area contributed by atoms with Crippen LogP contribution in [0.25, 0.3) is 21.7 Å². The summed E-state index contributed by atoms with van der Waals surface area (Å²) >= 11 is 3.28. The Morgan fingerprint density at radius 3 is 1.96 bits per heavy atom. The van der Waals surface area contributed by atoms with Crippen LogP contribution in [-0.4, -0.2) is 4.98 Å². The lowest BCUT2D eigenvalue weighted by Crippen LogP contribution is -1.86. The van der Waals surface area contributed by atoms with Crippen LogP contribution in [0.15, 0.2) is 83.8 Å². The zero-order valence-electron chi connectivity index (χ0n) is 15.3. The molecule has 3 aromatic carbocycles. The Kier molecular flexibility index (Phi) is 5.28. The van der Waals surface area contributed by atoms with Crippen molar-refractivity contribution in [1.29, 1.82) is 0 Å². The number of benzene rings is 3. The van der Waals surface area contributed by atoms with E-state index in [-0.39, 0.29) is 0 Å². The van der Waals surface area contributed by atoms with Crippen LogP contribution in [0.5, 0.6) is 0 Å². The molecular formula is C23H20N2S2.